The third-order valence-corrected chi connectivity index (χ3v) is 3.25. The van der Waals surface area contributed by atoms with Gasteiger partial charge < -0.3 is 10.2 Å². The van der Waals surface area contributed by atoms with E-state index < -0.39 is 11.4 Å². The van der Waals surface area contributed by atoms with Gasteiger partial charge in [-0.25, -0.2) is 0 Å². The van der Waals surface area contributed by atoms with E-state index in [9.17, 15) is 9.90 Å². The van der Waals surface area contributed by atoms with Gasteiger partial charge in [0.2, 0.25) is 0 Å². The fourth-order valence-corrected chi connectivity index (χ4v) is 1.84. The molecular formula is C12H15BrO3. The van der Waals surface area contributed by atoms with Crippen LogP contribution < -0.4 is 0 Å². The van der Waals surface area contributed by atoms with Crippen molar-refractivity contribution in [1.82, 2.24) is 0 Å². The van der Waals surface area contributed by atoms with Crippen LogP contribution in [0.15, 0.2) is 16.6 Å². The molecule has 0 saturated carbocycles. The first-order valence-corrected chi connectivity index (χ1v) is 5.75. The van der Waals surface area contributed by atoms with Gasteiger partial charge in [0.1, 0.15) is 5.75 Å². The van der Waals surface area contributed by atoms with Crippen molar-refractivity contribution in [2.24, 2.45) is 5.41 Å². The first-order chi connectivity index (χ1) is 7.24. The number of carboxylic acids is 1. The smallest absolute Gasteiger partial charge is 0.309 e. The van der Waals surface area contributed by atoms with Crippen LogP contribution in [0.3, 0.4) is 0 Å². The lowest BCUT2D eigenvalue weighted by Crippen LogP contribution is -2.26. The van der Waals surface area contributed by atoms with E-state index in [4.69, 9.17) is 5.11 Å². The molecule has 4 heteroatoms. The number of aromatic hydroxyl groups is 1. The molecule has 1 aromatic rings. The number of benzene rings is 1. The highest BCUT2D eigenvalue weighted by atomic mass is 79.9. The first-order valence-electron chi connectivity index (χ1n) is 4.95. The second-order valence-electron chi connectivity index (χ2n) is 4.60. The molecule has 1 aromatic carbocycles. The third kappa shape index (κ3) is 2.76. The molecule has 0 saturated heterocycles. The predicted octanol–water partition coefficient (Wildman–Crippen LogP) is 3.12. The Labute approximate surface area is 103 Å². The molecule has 0 amide bonds. The van der Waals surface area contributed by atoms with Crippen molar-refractivity contribution in [2.45, 2.75) is 27.2 Å². The Kier molecular flexibility index (Phi) is 3.63. The number of phenolic OH excluding ortho intramolecular Hbond substituents is 1. The highest BCUT2D eigenvalue weighted by Crippen LogP contribution is 2.31. The van der Waals surface area contributed by atoms with Crippen LogP contribution in [0.2, 0.25) is 0 Å². The van der Waals surface area contributed by atoms with Gasteiger partial charge >= 0.3 is 5.97 Å². The maximum atomic E-state index is 11.0. The number of hydrogen-bond acceptors (Lipinski definition) is 2. The number of aliphatic carboxylic acids is 1. The maximum absolute atomic E-state index is 11.0. The van der Waals surface area contributed by atoms with Gasteiger partial charge in [0.15, 0.2) is 0 Å². The number of rotatable bonds is 3. The van der Waals surface area contributed by atoms with Crippen molar-refractivity contribution in [1.29, 1.82) is 0 Å². The van der Waals surface area contributed by atoms with Crippen LogP contribution in [-0.2, 0) is 11.2 Å². The summed E-state index contributed by atoms with van der Waals surface area (Å²) >= 11 is 3.23. The Morgan fingerprint density at radius 3 is 2.50 bits per heavy atom. The second kappa shape index (κ2) is 4.45. The van der Waals surface area contributed by atoms with Crippen molar-refractivity contribution in [3.63, 3.8) is 0 Å². The zero-order valence-electron chi connectivity index (χ0n) is 9.54. The molecular weight excluding hydrogens is 272 g/mol. The molecule has 88 valence electrons. The molecule has 0 spiro atoms. The summed E-state index contributed by atoms with van der Waals surface area (Å²) in [4.78, 5) is 11.0. The average molecular weight is 287 g/mol. The summed E-state index contributed by atoms with van der Waals surface area (Å²) < 4.78 is 0.592. The largest absolute Gasteiger partial charge is 0.507 e. The molecule has 0 aliphatic carbocycles. The Balaban J connectivity index is 3.07. The average Bonchev–Trinajstić information content (AvgIpc) is 2.13. The molecule has 0 heterocycles. The molecule has 1 rings (SSSR count). The summed E-state index contributed by atoms with van der Waals surface area (Å²) in [6.07, 6.45) is 0.438. The van der Waals surface area contributed by atoms with Crippen LogP contribution in [0, 0.1) is 12.3 Å². The van der Waals surface area contributed by atoms with E-state index in [1.54, 1.807) is 26.0 Å². The molecule has 0 aliphatic rings. The molecule has 16 heavy (non-hydrogen) atoms. The SMILES string of the molecule is Cc1cc(O)c(Br)cc1CC(C)(C)C(=O)O. The van der Waals surface area contributed by atoms with Gasteiger partial charge in [-0.05, 0) is 66.4 Å². The summed E-state index contributed by atoms with van der Waals surface area (Å²) in [6, 6.07) is 3.41. The number of carbonyl (C=O) groups is 1. The molecule has 2 N–H and O–H groups in total. The summed E-state index contributed by atoms with van der Waals surface area (Å²) in [7, 11) is 0. The fourth-order valence-electron chi connectivity index (χ4n) is 1.45. The van der Waals surface area contributed by atoms with Crippen molar-refractivity contribution in [3.8, 4) is 5.75 Å². The maximum Gasteiger partial charge on any atom is 0.309 e. The summed E-state index contributed by atoms with van der Waals surface area (Å²) in [5.74, 6) is -0.648. The first kappa shape index (κ1) is 13.0. The Hall–Kier alpha value is -1.03. The zero-order chi connectivity index (χ0) is 12.5. The van der Waals surface area contributed by atoms with Gasteiger partial charge in [-0.3, -0.25) is 4.79 Å². The predicted molar refractivity (Wildman–Crippen MR) is 65.7 cm³/mol. The fraction of sp³-hybridized carbons (Fsp3) is 0.417. The van der Waals surface area contributed by atoms with Crippen LogP contribution in [0.5, 0.6) is 5.75 Å². The highest BCUT2D eigenvalue weighted by molar-refractivity contribution is 9.10. The van der Waals surface area contributed by atoms with Crippen LogP contribution in [0.25, 0.3) is 0 Å². The van der Waals surface area contributed by atoms with E-state index in [2.05, 4.69) is 15.9 Å². The number of aryl methyl sites for hydroxylation is 1. The molecule has 0 unspecified atom stereocenters. The molecule has 0 aliphatic heterocycles. The number of halogens is 1. The van der Waals surface area contributed by atoms with Crippen molar-refractivity contribution in [3.05, 3.63) is 27.7 Å². The van der Waals surface area contributed by atoms with E-state index in [0.29, 0.717) is 10.9 Å². The van der Waals surface area contributed by atoms with Crippen molar-refractivity contribution < 1.29 is 15.0 Å². The van der Waals surface area contributed by atoms with E-state index in [-0.39, 0.29) is 5.75 Å². The standard InChI is InChI=1S/C12H15BrO3/c1-7-4-10(14)9(13)5-8(7)6-12(2,3)11(15)16/h4-5,14H,6H2,1-3H3,(H,15,16). The molecule has 0 fully saturated rings. The Morgan fingerprint density at radius 2 is 2.00 bits per heavy atom. The minimum absolute atomic E-state index is 0.175. The monoisotopic (exact) mass is 286 g/mol. The topological polar surface area (TPSA) is 57.5 Å². The molecule has 0 bridgehead atoms. The Morgan fingerprint density at radius 1 is 1.44 bits per heavy atom. The lowest BCUT2D eigenvalue weighted by atomic mass is 9.84. The Bertz CT molecular complexity index is 425. The van der Waals surface area contributed by atoms with Crippen LogP contribution in [0.1, 0.15) is 25.0 Å². The van der Waals surface area contributed by atoms with E-state index in [0.717, 1.165) is 11.1 Å². The minimum atomic E-state index is -0.823. The van der Waals surface area contributed by atoms with Gasteiger partial charge in [0.25, 0.3) is 0 Å². The molecule has 0 atom stereocenters. The number of phenols is 1. The number of hydrogen-bond donors (Lipinski definition) is 2. The summed E-state index contributed by atoms with van der Waals surface area (Å²) in [6.45, 7) is 5.24. The van der Waals surface area contributed by atoms with E-state index in [1.807, 2.05) is 6.92 Å². The van der Waals surface area contributed by atoms with Crippen molar-refractivity contribution in [2.75, 3.05) is 0 Å². The minimum Gasteiger partial charge on any atom is -0.507 e. The second-order valence-corrected chi connectivity index (χ2v) is 5.45. The van der Waals surface area contributed by atoms with Crippen LogP contribution in [-0.4, -0.2) is 16.2 Å². The zero-order valence-corrected chi connectivity index (χ0v) is 11.1. The summed E-state index contributed by atoms with van der Waals surface area (Å²) in [5.41, 5.74) is 1.02. The van der Waals surface area contributed by atoms with Gasteiger partial charge in [0, 0.05) is 0 Å². The normalized spacial score (nSPS) is 11.5. The van der Waals surface area contributed by atoms with Gasteiger partial charge in [-0.1, -0.05) is 0 Å². The lowest BCUT2D eigenvalue weighted by Gasteiger charge is -2.20. The van der Waals surface area contributed by atoms with E-state index in [1.165, 1.54) is 0 Å². The van der Waals surface area contributed by atoms with Gasteiger partial charge in [-0.15, -0.1) is 0 Å². The quantitative estimate of drug-likeness (QED) is 0.898. The lowest BCUT2D eigenvalue weighted by molar-refractivity contribution is -0.146. The van der Waals surface area contributed by atoms with Gasteiger partial charge in [-0.2, -0.15) is 0 Å². The van der Waals surface area contributed by atoms with E-state index >= 15 is 0 Å². The highest BCUT2D eigenvalue weighted by Gasteiger charge is 2.28. The van der Waals surface area contributed by atoms with Gasteiger partial charge in [0.05, 0.1) is 9.89 Å². The number of carboxylic acid groups (broad SMARTS) is 1. The van der Waals surface area contributed by atoms with Crippen molar-refractivity contribution >= 4 is 21.9 Å². The summed E-state index contributed by atoms with van der Waals surface area (Å²) in [5, 5.41) is 18.5. The van der Waals surface area contributed by atoms with Crippen LogP contribution in [0.4, 0.5) is 0 Å². The molecule has 3 nitrogen and oxygen atoms in total. The third-order valence-electron chi connectivity index (χ3n) is 2.62. The molecule has 0 aromatic heterocycles. The van der Waals surface area contributed by atoms with Crippen LogP contribution >= 0.6 is 15.9 Å². The molecule has 0 radical (unpaired) electrons.